The third-order valence-electron chi connectivity index (χ3n) is 6.65. The summed E-state index contributed by atoms with van der Waals surface area (Å²) in [6.07, 6.45) is 9.16. The maximum atomic E-state index is 11.9. The average molecular weight is 473 g/mol. The number of ether oxygens (including phenoxy) is 1. The number of nitrogens with zero attached hydrogens (tertiary/aromatic N) is 5. The summed E-state index contributed by atoms with van der Waals surface area (Å²) in [7, 11) is 0. The summed E-state index contributed by atoms with van der Waals surface area (Å²) in [5.74, 6) is 0.0963. The lowest BCUT2D eigenvalue weighted by molar-refractivity contribution is -0.129. The molecular formula is C27H32N6O2. The van der Waals surface area contributed by atoms with Crippen LogP contribution in [0.4, 0.5) is 0 Å². The van der Waals surface area contributed by atoms with Gasteiger partial charge in [-0.2, -0.15) is 10.2 Å². The number of amides is 1. The fourth-order valence-electron chi connectivity index (χ4n) is 4.59. The van der Waals surface area contributed by atoms with Gasteiger partial charge >= 0.3 is 0 Å². The predicted octanol–water partition coefficient (Wildman–Crippen LogP) is 4.77. The third kappa shape index (κ3) is 4.84. The van der Waals surface area contributed by atoms with Gasteiger partial charge in [-0.3, -0.25) is 19.6 Å². The highest BCUT2D eigenvalue weighted by Gasteiger charge is 2.24. The first-order valence-electron chi connectivity index (χ1n) is 12.3. The van der Waals surface area contributed by atoms with E-state index in [0.29, 0.717) is 12.6 Å². The van der Waals surface area contributed by atoms with E-state index in [-0.39, 0.29) is 5.91 Å². The third-order valence-corrected chi connectivity index (χ3v) is 6.65. The van der Waals surface area contributed by atoms with Gasteiger partial charge in [0.05, 0.1) is 17.6 Å². The van der Waals surface area contributed by atoms with Crippen molar-refractivity contribution in [2.45, 2.75) is 52.6 Å². The van der Waals surface area contributed by atoms with Crippen LogP contribution < -0.4 is 0 Å². The van der Waals surface area contributed by atoms with Gasteiger partial charge in [-0.05, 0) is 38.1 Å². The van der Waals surface area contributed by atoms with Crippen molar-refractivity contribution in [1.29, 1.82) is 0 Å². The Bertz CT molecular complexity index is 1330. The first-order valence-corrected chi connectivity index (χ1v) is 12.3. The molecule has 0 bridgehead atoms. The van der Waals surface area contributed by atoms with E-state index in [1.165, 1.54) is 12.8 Å². The number of aromatic amines is 1. The molecule has 0 radical (unpaired) electrons. The second kappa shape index (κ2) is 10.00. The van der Waals surface area contributed by atoms with Crippen LogP contribution in [0.3, 0.4) is 0 Å². The zero-order valence-electron chi connectivity index (χ0n) is 20.6. The quantitative estimate of drug-likeness (QED) is 0.464. The standard InChI is InChI=1S/C23H24N6O.C4H8O/c1-14(2)29-12-17(10-25-29)22-9-16-5-4-6-18(19(16)11-24-22)23-20-13-28(15(3)30)8-7-21(20)26-27-23;1-2-4-5-3-1/h4-6,9-12,14H,7-8,13H2,1-3H3,(H,26,27);1-4H2. The van der Waals surface area contributed by atoms with Gasteiger partial charge in [-0.1, -0.05) is 18.2 Å². The molecule has 35 heavy (non-hydrogen) atoms. The fourth-order valence-corrected chi connectivity index (χ4v) is 4.59. The molecule has 1 N–H and O–H groups in total. The van der Waals surface area contributed by atoms with Crippen LogP contribution in [0.2, 0.25) is 0 Å². The molecule has 4 aromatic rings. The number of carbonyl (C=O) groups excluding carboxylic acids is 1. The highest BCUT2D eigenvalue weighted by atomic mass is 16.5. The Morgan fingerprint density at radius 2 is 2.00 bits per heavy atom. The Hall–Kier alpha value is -3.52. The van der Waals surface area contributed by atoms with Crippen LogP contribution in [0.25, 0.3) is 33.3 Å². The van der Waals surface area contributed by atoms with E-state index in [1.54, 1.807) is 6.92 Å². The fraction of sp³-hybridized carbons (Fsp3) is 0.407. The van der Waals surface area contributed by atoms with Crippen LogP contribution in [0, 0.1) is 0 Å². The molecule has 0 aliphatic carbocycles. The molecule has 6 rings (SSSR count). The molecule has 0 saturated carbocycles. The highest BCUT2D eigenvalue weighted by Crippen LogP contribution is 2.34. The lowest BCUT2D eigenvalue weighted by atomic mass is 9.97. The summed E-state index contributed by atoms with van der Waals surface area (Å²) in [5, 5.41) is 14.4. The molecule has 0 atom stereocenters. The van der Waals surface area contributed by atoms with Crippen molar-refractivity contribution in [3.8, 4) is 22.5 Å². The number of rotatable bonds is 3. The second-order valence-electron chi connectivity index (χ2n) is 9.44. The lowest BCUT2D eigenvalue weighted by Gasteiger charge is -2.26. The molecule has 8 heteroatoms. The summed E-state index contributed by atoms with van der Waals surface area (Å²) < 4.78 is 6.88. The van der Waals surface area contributed by atoms with Crippen molar-refractivity contribution in [3.63, 3.8) is 0 Å². The minimum atomic E-state index is 0.0963. The number of aromatic nitrogens is 5. The molecule has 2 aliphatic rings. The smallest absolute Gasteiger partial charge is 0.219 e. The summed E-state index contributed by atoms with van der Waals surface area (Å²) in [5.41, 5.74) is 6.07. The van der Waals surface area contributed by atoms with Crippen LogP contribution in [-0.2, 0) is 22.5 Å². The van der Waals surface area contributed by atoms with Crippen molar-refractivity contribution >= 4 is 16.7 Å². The zero-order valence-corrected chi connectivity index (χ0v) is 20.6. The first kappa shape index (κ1) is 23.2. The van der Waals surface area contributed by atoms with E-state index in [0.717, 1.165) is 70.7 Å². The monoisotopic (exact) mass is 472 g/mol. The van der Waals surface area contributed by atoms with Crippen LogP contribution in [-0.4, -0.2) is 55.5 Å². The van der Waals surface area contributed by atoms with Crippen molar-refractivity contribution in [1.82, 2.24) is 29.9 Å². The predicted molar refractivity (Wildman–Crippen MR) is 136 cm³/mol. The van der Waals surface area contributed by atoms with Gasteiger partial charge in [0.15, 0.2) is 0 Å². The van der Waals surface area contributed by atoms with E-state index < -0.39 is 0 Å². The Balaban J connectivity index is 0.000000453. The van der Waals surface area contributed by atoms with Gasteiger partial charge in [0.2, 0.25) is 5.91 Å². The SMILES string of the molecule is C1CCOC1.CC(=O)N1CCc2[nH]nc(-c3cccc4cc(-c5cnn(C(C)C)c5)ncc34)c2C1. The van der Waals surface area contributed by atoms with E-state index in [9.17, 15) is 4.79 Å². The summed E-state index contributed by atoms with van der Waals surface area (Å²) >= 11 is 0. The number of benzene rings is 1. The van der Waals surface area contributed by atoms with Gasteiger partial charge in [0.25, 0.3) is 0 Å². The number of carbonyl (C=O) groups is 1. The van der Waals surface area contributed by atoms with E-state index in [4.69, 9.17) is 9.72 Å². The molecule has 5 heterocycles. The topological polar surface area (TPSA) is 88.9 Å². The Morgan fingerprint density at radius 3 is 2.69 bits per heavy atom. The van der Waals surface area contributed by atoms with Gasteiger partial charge in [-0.25, -0.2) is 0 Å². The molecule has 182 valence electrons. The summed E-state index contributed by atoms with van der Waals surface area (Å²) in [6.45, 7) is 9.15. The second-order valence-corrected chi connectivity index (χ2v) is 9.44. The Morgan fingerprint density at radius 1 is 1.17 bits per heavy atom. The highest BCUT2D eigenvalue weighted by molar-refractivity contribution is 5.97. The molecule has 1 fully saturated rings. The molecule has 1 amide bonds. The van der Waals surface area contributed by atoms with E-state index in [2.05, 4.69) is 47.3 Å². The van der Waals surface area contributed by atoms with E-state index in [1.807, 2.05) is 34.2 Å². The minimum Gasteiger partial charge on any atom is -0.381 e. The van der Waals surface area contributed by atoms with Gasteiger partial charge in [-0.15, -0.1) is 0 Å². The largest absolute Gasteiger partial charge is 0.381 e. The molecule has 1 saturated heterocycles. The number of H-pyrrole nitrogens is 1. The molecular weight excluding hydrogens is 440 g/mol. The molecule has 0 spiro atoms. The van der Waals surface area contributed by atoms with Gasteiger partial charge in [0, 0.05) is 85.9 Å². The molecule has 0 unspecified atom stereocenters. The average Bonchev–Trinajstić information content (AvgIpc) is 3.65. The molecule has 2 aliphatic heterocycles. The van der Waals surface area contributed by atoms with Crippen molar-refractivity contribution in [2.75, 3.05) is 19.8 Å². The maximum absolute atomic E-state index is 11.9. The lowest BCUT2D eigenvalue weighted by Crippen LogP contribution is -2.34. The van der Waals surface area contributed by atoms with E-state index >= 15 is 0 Å². The number of hydrogen-bond donors (Lipinski definition) is 1. The molecule has 1 aromatic carbocycles. The van der Waals surface area contributed by atoms with Crippen LogP contribution in [0.1, 0.15) is 50.9 Å². The van der Waals surface area contributed by atoms with Crippen molar-refractivity contribution in [2.24, 2.45) is 0 Å². The van der Waals surface area contributed by atoms with Crippen molar-refractivity contribution < 1.29 is 9.53 Å². The van der Waals surface area contributed by atoms with Gasteiger partial charge < -0.3 is 9.64 Å². The maximum Gasteiger partial charge on any atom is 0.219 e. The Kier molecular flexibility index (Phi) is 6.63. The number of hydrogen-bond acceptors (Lipinski definition) is 5. The van der Waals surface area contributed by atoms with Crippen molar-refractivity contribution in [3.05, 3.63) is 54.1 Å². The van der Waals surface area contributed by atoms with Crippen LogP contribution in [0.5, 0.6) is 0 Å². The van der Waals surface area contributed by atoms with Crippen LogP contribution >= 0.6 is 0 Å². The Labute approximate surface area is 205 Å². The van der Waals surface area contributed by atoms with Gasteiger partial charge in [0.1, 0.15) is 0 Å². The molecule has 3 aromatic heterocycles. The first-order chi connectivity index (χ1) is 17.0. The summed E-state index contributed by atoms with van der Waals surface area (Å²) in [4.78, 5) is 18.5. The zero-order chi connectivity index (χ0) is 24.4. The minimum absolute atomic E-state index is 0.0963. The molecule has 8 nitrogen and oxygen atoms in total. The van der Waals surface area contributed by atoms with Crippen LogP contribution in [0.15, 0.2) is 42.9 Å². The summed E-state index contributed by atoms with van der Waals surface area (Å²) in [6, 6.07) is 8.63. The normalized spacial score (nSPS) is 15.3. The number of pyridine rings is 1. The number of fused-ring (bicyclic) bond motifs is 2. The number of nitrogens with one attached hydrogen (secondary N) is 1.